The summed E-state index contributed by atoms with van der Waals surface area (Å²) in [6, 6.07) is 6.43. The standard InChI is InChI=1S/C16H26BrClN2/c1-3-5-9-20(10-6-4-2)16(12-19)13-7-8-14(17)15(18)11-13/h7-8,11,16H,3-6,9-10,12,19H2,1-2H3. The minimum Gasteiger partial charge on any atom is -0.329 e. The van der Waals surface area contributed by atoms with E-state index >= 15 is 0 Å². The van der Waals surface area contributed by atoms with Crippen molar-refractivity contribution in [2.75, 3.05) is 19.6 Å². The molecule has 0 saturated heterocycles. The molecule has 0 fully saturated rings. The Morgan fingerprint density at radius 2 is 1.80 bits per heavy atom. The highest BCUT2D eigenvalue weighted by Gasteiger charge is 2.18. The van der Waals surface area contributed by atoms with Crippen molar-refractivity contribution < 1.29 is 0 Å². The Bertz CT molecular complexity index is 390. The summed E-state index contributed by atoms with van der Waals surface area (Å²) in [5.74, 6) is 0. The first-order valence-corrected chi connectivity index (χ1v) is 8.70. The van der Waals surface area contributed by atoms with E-state index in [2.05, 4.69) is 40.7 Å². The van der Waals surface area contributed by atoms with Crippen LogP contribution in [0.1, 0.15) is 51.1 Å². The fourth-order valence-corrected chi connectivity index (χ4v) is 2.80. The molecule has 0 aliphatic carbocycles. The zero-order valence-corrected chi connectivity index (χ0v) is 14.9. The van der Waals surface area contributed by atoms with E-state index in [1.165, 1.54) is 31.2 Å². The highest BCUT2D eigenvalue weighted by molar-refractivity contribution is 9.10. The molecule has 1 aromatic carbocycles. The maximum absolute atomic E-state index is 6.22. The number of nitrogens with two attached hydrogens (primary N) is 1. The Balaban J connectivity index is 2.88. The first kappa shape index (κ1) is 18.0. The van der Waals surface area contributed by atoms with Gasteiger partial charge in [-0.1, -0.05) is 44.4 Å². The van der Waals surface area contributed by atoms with Gasteiger partial charge in [-0.05, 0) is 59.6 Å². The maximum atomic E-state index is 6.22. The number of halogens is 2. The summed E-state index contributed by atoms with van der Waals surface area (Å²) in [4.78, 5) is 2.51. The summed E-state index contributed by atoms with van der Waals surface area (Å²) in [6.07, 6.45) is 4.84. The monoisotopic (exact) mass is 360 g/mol. The van der Waals surface area contributed by atoms with E-state index in [0.717, 1.165) is 22.6 Å². The smallest absolute Gasteiger partial charge is 0.0551 e. The van der Waals surface area contributed by atoms with Crippen molar-refractivity contribution in [1.82, 2.24) is 4.90 Å². The molecular formula is C16H26BrClN2. The van der Waals surface area contributed by atoms with Gasteiger partial charge in [-0.3, -0.25) is 4.90 Å². The van der Waals surface area contributed by atoms with Gasteiger partial charge >= 0.3 is 0 Å². The number of rotatable bonds is 9. The Hall–Kier alpha value is -0.0900. The maximum Gasteiger partial charge on any atom is 0.0551 e. The Morgan fingerprint density at radius 1 is 1.20 bits per heavy atom. The lowest BCUT2D eigenvalue weighted by Gasteiger charge is -2.31. The second-order valence-corrected chi connectivity index (χ2v) is 6.43. The van der Waals surface area contributed by atoms with Crippen molar-refractivity contribution in [2.24, 2.45) is 5.73 Å². The van der Waals surface area contributed by atoms with Crippen LogP contribution in [0.15, 0.2) is 22.7 Å². The summed E-state index contributed by atoms with van der Waals surface area (Å²) in [5.41, 5.74) is 7.26. The summed E-state index contributed by atoms with van der Waals surface area (Å²) < 4.78 is 0.937. The van der Waals surface area contributed by atoms with Crippen LogP contribution in [0.25, 0.3) is 0 Å². The van der Waals surface area contributed by atoms with Gasteiger partial charge in [0.2, 0.25) is 0 Å². The molecule has 0 bridgehead atoms. The quantitative estimate of drug-likeness (QED) is 0.670. The van der Waals surface area contributed by atoms with Crippen LogP contribution in [0.5, 0.6) is 0 Å². The number of unbranched alkanes of at least 4 members (excludes halogenated alkanes) is 2. The molecule has 0 saturated carbocycles. The van der Waals surface area contributed by atoms with Crippen LogP contribution in [0, 0.1) is 0 Å². The van der Waals surface area contributed by atoms with Crippen molar-refractivity contribution >= 4 is 27.5 Å². The van der Waals surface area contributed by atoms with Crippen LogP contribution in [-0.4, -0.2) is 24.5 Å². The van der Waals surface area contributed by atoms with Crippen molar-refractivity contribution in [3.8, 4) is 0 Å². The average Bonchev–Trinajstić information content (AvgIpc) is 2.45. The van der Waals surface area contributed by atoms with Crippen LogP contribution in [0.3, 0.4) is 0 Å². The SMILES string of the molecule is CCCCN(CCCC)C(CN)c1ccc(Br)c(Cl)c1. The molecule has 20 heavy (non-hydrogen) atoms. The molecule has 0 aromatic heterocycles. The minimum absolute atomic E-state index is 0.263. The number of hydrogen-bond donors (Lipinski definition) is 1. The predicted molar refractivity (Wildman–Crippen MR) is 92.3 cm³/mol. The normalized spacial score (nSPS) is 12.9. The Kier molecular flexibility index (Phi) is 8.78. The second kappa shape index (κ2) is 9.78. The molecule has 0 spiro atoms. The molecule has 1 unspecified atom stereocenters. The zero-order chi connectivity index (χ0) is 15.0. The predicted octanol–water partition coefficient (Wildman–Crippen LogP) is 5.00. The third-order valence-electron chi connectivity index (χ3n) is 3.59. The van der Waals surface area contributed by atoms with Crippen LogP contribution < -0.4 is 5.73 Å². The van der Waals surface area contributed by atoms with Crippen LogP contribution >= 0.6 is 27.5 Å². The van der Waals surface area contributed by atoms with Gasteiger partial charge in [-0.2, -0.15) is 0 Å². The highest BCUT2D eigenvalue weighted by Crippen LogP contribution is 2.28. The van der Waals surface area contributed by atoms with Gasteiger partial charge in [0, 0.05) is 17.1 Å². The molecule has 2 nitrogen and oxygen atoms in total. The van der Waals surface area contributed by atoms with Crippen molar-refractivity contribution in [1.29, 1.82) is 0 Å². The summed E-state index contributed by atoms with van der Waals surface area (Å²) >= 11 is 9.67. The van der Waals surface area contributed by atoms with E-state index in [-0.39, 0.29) is 6.04 Å². The molecule has 1 atom stereocenters. The van der Waals surface area contributed by atoms with Gasteiger partial charge < -0.3 is 5.73 Å². The Morgan fingerprint density at radius 3 is 2.25 bits per heavy atom. The molecule has 0 amide bonds. The van der Waals surface area contributed by atoms with Gasteiger partial charge in [0.1, 0.15) is 0 Å². The number of nitrogens with zero attached hydrogens (tertiary/aromatic N) is 1. The van der Waals surface area contributed by atoms with Crippen molar-refractivity contribution in [3.63, 3.8) is 0 Å². The van der Waals surface area contributed by atoms with Gasteiger partial charge in [0.15, 0.2) is 0 Å². The van der Waals surface area contributed by atoms with Crippen LogP contribution in [-0.2, 0) is 0 Å². The fourth-order valence-electron chi connectivity index (χ4n) is 2.36. The first-order chi connectivity index (χ1) is 9.63. The van der Waals surface area contributed by atoms with Gasteiger partial charge in [-0.25, -0.2) is 0 Å². The lowest BCUT2D eigenvalue weighted by atomic mass is 10.0. The third kappa shape index (κ3) is 5.36. The van der Waals surface area contributed by atoms with Crippen molar-refractivity contribution in [3.05, 3.63) is 33.3 Å². The third-order valence-corrected chi connectivity index (χ3v) is 4.82. The molecule has 114 valence electrons. The van der Waals surface area contributed by atoms with E-state index in [1.54, 1.807) is 0 Å². The summed E-state index contributed by atoms with van der Waals surface area (Å²) in [7, 11) is 0. The van der Waals surface area contributed by atoms with E-state index < -0.39 is 0 Å². The molecular weight excluding hydrogens is 336 g/mol. The van der Waals surface area contributed by atoms with Gasteiger partial charge in [0.25, 0.3) is 0 Å². The van der Waals surface area contributed by atoms with Crippen molar-refractivity contribution in [2.45, 2.75) is 45.6 Å². The largest absolute Gasteiger partial charge is 0.329 e. The molecule has 4 heteroatoms. The Labute approximate surface area is 136 Å². The van der Waals surface area contributed by atoms with Gasteiger partial charge in [-0.15, -0.1) is 0 Å². The van der Waals surface area contributed by atoms with E-state index in [9.17, 15) is 0 Å². The molecule has 1 aromatic rings. The lowest BCUT2D eigenvalue weighted by molar-refractivity contribution is 0.195. The molecule has 0 radical (unpaired) electrons. The second-order valence-electron chi connectivity index (χ2n) is 5.17. The molecule has 1 rings (SSSR count). The molecule has 0 aliphatic heterocycles. The van der Waals surface area contributed by atoms with E-state index in [1.807, 2.05) is 12.1 Å². The molecule has 0 aliphatic rings. The molecule has 0 heterocycles. The van der Waals surface area contributed by atoms with Gasteiger partial charge in [0.05, 0.1) is 5.02 Å². The lowest BCUT2D eigenvalue weighted by Crippen LogP contribution is -2.35. The number of hydrogen-bond acceptors (Lipinski definition) is 2. The minimum atomic E-state index is 0.263. The summed E-state index contributed by atoms with van der Waals surface area (Å²) in [5, 5.41) is 0.756. The van der Waals surface area contributed by atoms with E-state index in [0.29, 0.717) is 6.54 Å². The summed E-state index contributed by atoms with van der Waals surface area (Å²) in [6.45, 7) is 7.29. The number of benzene rings is 1. The van der Waals surface area contributed by atoms with Crippen LogP contribution in [0.4, 0.5) is 0 Å². The molecule has 2 N–H and O–H groups in total. The van der Waals surface area contributed by atoms with E-state index in [4.69, 9.17) is 17.3 Å². The fraction of sp³-hybridized carbons (Fsp3) is 0.625. The first-order valence-electron chi connectivity index (χ1n) is 7.53. The average molecular weight is 362 g/mol. The highest BCUT2D eigenvalue weighted by atomic mass is 79.9. The van der Waals surface area contributed by atoms with Crippen LogP contribution in [0.2, 0.25) is 5.02 Å². The topological polar surface area (TPSA) is 29.3 Å². The zero-order valence-electron chi connectivity index (χ0n) is 12.5.